The lowest BCUT2D eigenvalue weighted by Gasteiger charge is -2.21. The standard InChI is InChI=1S/C15H21FN2OS/c16-13-3-1-12(2-4-13)5-10-18-15(19)11-20-14-6-8-17-9-7-14/h1-4,14,17H,5-11H2,(H,18,19). The number of amides is 1. The molecule has 1 heterocycles. The van der Waals surface area contributed by atoms with Crippen molar-refractivity contribution in [3.05, 3.63) is 35.6 Å². The van der Waals surface area contributed by atoms with Gasteiger partial charge in [-0.1, -0.05) is 12.1 Å². The van der Waals surface area contributed by atoms with E-state index < -0.39 is 0 Å². The van der Waals surface area contributed by atoms with Gasteiger partial charge in [-0.15, -0.1) is 11.8 Å². The largest absolute Gasteiger partial charge is 0.355 e. The fraction of sp³-hybridized carbons (Fsp3) is 0.533. The third-order valence-electron chi connectivity index (χ3n) is 3.39. The summed E-state index contributed by atoms with van der Waals surface area (Å²) in [5, 5.41) is 6.84. The Hall–Kier alpha value is -1.07. The molecule has 2 N–H and O–H groups in total. The van der Waals surface area contributed by atoms with E-state index in [0.717, 1.165) is 37.9 Å². The molecular formula is C15H21FN2OS. The molecule has 0 bridgehead atoms. The number of nitrogens with one attached hydrogen (secondary N) is 2. The number of halogens is 1. The minimum Gasteiger partial charge on any atom is -0.355 e. The van der Waals surface area contributed by atoms with Gasteiger partial charge in [-0.25, -0.2) is 4.39 Å². The maximum atomic E-state index is 12.7. The van der Waals surface area contributed by atoms with Crippen LogP contribution in [0.25, 0.3) is 0 Å². The molecule has 0 atom stereocenters. The molecule has 5 heteroatoms. The van der Waals surface area contributed by atoms with Crippen LogP contribution in [0.4, 0.5) is 4.39 Å². The van der Waals surface area contributed by atoms with Gasteiger partial charge in [0.25, 0.3) is 0 Å². The maximum Gasteiger partial charge on any atom is 0.230 e. The summed E-state index contributed by atoms with van der Waals surface area (Å²) >= 11 is 1.75. The average molecular weight is 296 g/mol. The molecule has 0 unspecified atom stereocenters. The van der Waals surface area contributed by atoms with Crippen LogP contribution in [0.15, 0.2) is 24.3 Å². The van der Waals surface area contributed by atoms with Gasteiger partial charge in [0.1, 0.15) is 5.82 Å². The molecular weight excluding hydrogens is 275 g/mol. The minimum atomic E-state index is -0.226. The van der Waals surface area contributed by atoms with Crippen molar-refractivity contribution in [2.75, 3.05) is 25.4 Å². The Kier molecular flexibility index (Phi) is 6.33. The van der Waals surface area contributed by atoms with Crippen molar-refractivity contribution in [2.45, 2.75) is 24.5 Å². The molecule has 3 nitrogen and oxygen atoms in total. The normalized spacial score (nSPS) is 16.1. The molecule has 2 rings (SSSR count). The predicted octanol–water partition coefficient (Wildman–Crippen LogP) is 1.97. The average Bonchev–Trinajstić information content (AvgIpc) is 2.48. The van der Waals surface area contributed by atoms with Crippen molar-refractivity contribution in [1.29, 1.82) is 0 Å². The fourth-order valence-electron chi connectivity index (χ4n) is 2.20. The number of hydrogen-bond donors (Lipinski definition) is 2. The van der Waals surface area contributed by atoms with Gasteiger partial charge < -0.3 is 10.6 Å². The summed E-state index contributed by atoms with van der Waals surface area (Å²) in [6.07, 6.45) is 3.03. The van der Waals surface area contributed by atoms with E-state index in [2.05, 4.69) is 10.6 Å². The molecule has 1 aliphatic heterocycles. The van der Waals surface area contributed by atoms with Crippen molar-refractivity contribution in [1.82, 2.24) is 10.6 Å². The summed E-state index contributed by atoms with van der Waals surface area (Å²) in [6.45, 7) is 2.73. The highest BCUT2D eigenvalue weighted by Gasteiger charge is 2.14. The number of piperidine rings is 1. The Balaban J connectivity index is 1.58. The van der Waals surface area contributed by atoms with Crippen LogP contribution in [0.1, 0.15) is 18.4 Å². The zero-order valence-corrected chi connectivity index (χ0v) is 12.3. The Bertz CT molecular complexity index is 418. The first-order chi connectivity index (χ1) is 9.74. The zero-order chi connectivity index (χ0) is 14.2. The molecule has 1 aromatic rings. The summed E-state index contributed by atoms with van der Waals surface area (Å²) < 4.78 is 12.7. The van der Waals surface area contributed by atoms with Crippen LogP contribution in [-0.2, 0) is 11.2 Å². The van der Waals surface area contributed by atoms with E-state index in [1.807, 2.05) is 0 Å². The van der Waals surface area contributed by atoms with Crippen LogP contribution in [0.2, 0.25) is 0 Å². The van der Waals surface area contributed by atoms with Crippen molar-refractivity contribution >= 4 is 17.7 Å². The van der Waals surface area contributed by atoms with Crippen molar-refractivity contribution in [3.63, 3.8) is 0 Å². The number of rotatable bonds is 6. The molecule has 0 saturated carbocycles. The predicted molar refractivity (Wildman–Crippen MR) is 81.5 cm³/mol. The van der Waals surface area contributed by atoms with Crippen LogP contribution >= 0.6 is 11.8 Å². The first kappa shape index (κ1) is 15.3. The van der Waals surface area contributed by atoms with Gasteiger partial charge in [0.05, 0.1) is 5.75 Å². The Morgan fingerprint density at radius 2 is 2.00 bits per heavy atom. The van der Waals surface area contributed by atoms with E-state index in [4.69, 9.17) is 0 Å². The van der Waals surface area contributed by atoms with Gasteiger partial charge in [-0.2, -0.15) is 0 Å². The molecule has 1 fully saturated rings. The molecule has 1 saturated heterocycles. The highest BCUT2D eigenvalue weighted by Crippen LogP contribution is 2.19. The van der Waals surface area contributed by atoms with Crippen molar-refractivity contribution in [2.24, 2.45) is 0 Å². The molecule has 0 aliphatic carbocycles. The summed E-state index contributed by atoms with van der Waals surface area (Å²) in [6, 6.07) is 6.41. The molecule has 0 spiro atoms. The van der Waals surface area contributed by atoms with E-state index >= 15 is 0 Å². The first-order valence-corrected chi connectivity index (χ1v) is 8.12. The van der Waals surface area contributed by atoms with Crippen LogP contribution in [-0.4, -0.2) is 36.5 Å². The third kappa shape index (κ3) is 5.51. The van der Waals surface area contributed by atoms with Gasteiger partial charge in [-0.3, -0.25) is 4.79 Å². The number of hydrogen-bond acceptors (Lipinski definition) is 3. The van der Waals surface area contributed by atoms with Gasteiger partial charge in [0, 0.05) is 11.8 Å². The molecule has 1 aromatic carbocycles. The molecule has 110 valence electrons. The second-order valence-electron chi connectivity index (χ2n) is 4.99. The fourth-order valence-corrected chi connectivity index (χ4v) is 3.26. The zero-order valence-electron chi connectivity index (χ0n) is 11.5. The quantitative estimate of drug-likeness (QED) is 0.843. The van der Waals surface area contributed by atoms with Crippen LogP contribution in [0, 0.1) is 5.82 Å². The molecule has 20 heavy (non-hydrogen) atoms. The molecule has 1 aliphatic rings. The van der Waals surface area contributed by atoms with E-state index in [9.17, 15) is 9.18 Å². The molecule has 1 amide bonds. The second-order valence-corrected chi connectivity index (χ2v) is 6.28. The van der Waals surface area contributed by atoms with Crippen molar-refractivity contribution < 1.29 is 9.18 Å². The maximum absolute atomic E-state index is 12.7. The Morgan fingerprint density at radius 3 is 2.70 bits per heavy atom. The number of benzene rings is 1. The number of thioether (sulfide) groups is 1. The smallest absolute Gasteiger partial charge is 0.230 e. The van der Waals surface area contributed by atoms with Crippen LogP contribution in [0.5, 0.6) is 0 Å². The summed E-state index contributed by atoms with van der Waals surface area (Å²) in [5.74, 6) is 0.403. The molecule has 0 radical (unpaired) electrons. The summed E-state index contributed by atoms with van der Waals surface area (Å²) in [4.78, 5) is 11.7. The highest BCUT2D eigenvalue weighted by molar-refractivity contribution is 8.00. The van der Waals surface area contributed by atoms with Gasteiger partial charge in [0.2, 0.25) is 5.91 Å². The lowest BCUT2D eigenvalue weighted by Crippen LogP contribution is -2.32. The van der Waals surface area contributed by atoms with E-state index in [0.29, 0.717) is 17.5 Å². The van der Waals surface area contributed by atoms with Crippen LogP contribution in [0.3, 0.4) is 0 Å². The highest BCUT2D eigenvalue weighted by atomic mass is 32.2. The third-order valence-corrected chi connectivity index (χ3v) is 4.76. The molecule has 0 aromatic heterocycles. The first-order valence-electron chi connectivity index (χ1n) is 7.07. The second kappa shape index (κ2) is 8.27. The Morgan fingerprint density at radius 1 is 1.30 bits per heavy atom. The Labute approximate surface area is 123 Å². The van der Waals surface area contributed by atoms with E-state index in [1.165, 1.54) is 12.1 Å². The summed E-state index contributed by atoms with van der Waals surface area (Å²) in [5.41, 5.74) is 1.04. The van der Waals surface area contributed by atoms with Gasteiger partial charge in [-0.05, 0) is 50.0 Å². The van der Waals surface area contributed by atoms with E-state index in [1.54, 1.807) is 23.9 Å². The van der Waals surface area contributed by atoms with Crippen molar-refractivity contribution in [3.8, 4) is 0 Å². The van der Waals surface area contributed by atoms with Gasteiger partial charge in [0.15, 0.2) is 0 Å². The topological polar surface area (TPSA) is 41.1 Å². The number of carbonyl (C=O) groups is 1. The van der Waals surface area contributed by atoms with E-state index in [-0.39, 0.29) is 11.7 Å². The lowest BCUT2D eigenvalue weighted by atomic mass is 10.1. The summed E-state index contributed by atoms with van der Waals surface area (Å²) in [7, 11) is 0. The van der Waals surface area contributed by atoms with Gasteiger partial charge >= 0.3 is 0 Å². The SMILES string of the molecule is O=C(CSC1CCNCC1)NCCc1ccc(F)cc1. The number of carbonyl (C=O) groups excluding carboxylic acids is 1. The minimum absolute atomic E-state index is 0.0932. The monoisotopic (exact) mass is 296 g/mol. The van der Waals surface area contributed by atoms with Crippen LogP contribution < -0.4 is 10.6 Å². The lowest BCUT2D eigenvalue weighted by molar-refractivity contribution is -0.118.